The molecule has 1 atom stereocenters. The Bertz CT molecular complexity index is 190. The van der Waals surface area contributed by atoms with Gasteiger partial charge in [0.05, 0.1) is 6.54 Å². The van der Waals surface area contributed by atoms with Crippen molar-refractivity contribution in [2.45, 2.75) is 32.0 Å². The largest absolute Gasteiger partial charge is 0.401 e. The van der Waals surface area contributed by atoms with Gasteiger partial charge in [0.1, 0.15) is 0 Å². The zero-order chi connectivity index (χ0) is 11.5. The van der Waals surface area contributed by atoms with E-state index in [0.29, 0.717) is 6.54 Å². The summed E-state index contributed by atoms with van der Waals surface area (Å²) >= 11 is 0. The van der Waals surface area contributed by atoms with Crippen LogP contribution < -0.4 is 5.32 Å². The molecular weight excluding hydrogens is 205 g/mol. The Hall–Kier alpha value is -0.290. The van der Waals surface area contributed by atoms with E-state index in [2.05, 4.69) is 5.32 Å². The Kier molecular flexibility index (Phi) is 4.40. The molecule has 0 bridgehead atoms. The molecule has 5 heteroatoms. The summed E-state index contributed by atoms with van der Waals surface area (Å²) in [6, 6.07) is 0.172. The molecule has 1 unspecified atom stereocenters. The highest BCUT2D eigenvalue weighted by atomic mass is 19.4. The van der Waals surface area contributed by atoms with Crippen LogP contribution in [0.1, 0.15) is 19.8 Å². The van der Waals surface area contributed by atoms with Crippen LogP contribution in [0.15, 0.2) is 0 Å². The van der Waals surface area contributed by atoms with Crippen LogP contribution in [0.5, 0.6) is 0 Å². The van der Waals surface area contributed by atoms with Gasteiger partial charge in [0.25, 0.3) is 0 Å². The lowest BCUT2D eigenvalue weighted by molar-refractivity contribution is -0.148. The van der Waals surface area contributed by atoms with Crippen molar-refractivity contribution in [3.63, 3.8) is 0 Å². The highest BCUT2D eigenvalue weighted by molar-refractivity contribution is 4.86. The van der Waals surface area contributed by atoms with Crippen molar-refractivity contribution in [1.82, 2.24) is 10.2 Å². The maximum absolute atomic E-state index is 12.3. The van der Waals surface area contributed by atoms with E-state index < -0.39 is 12.7 Å². The van der Waals surface area contributed by atoms with E-state index in [-0.39, 0.29) is 12.0 Å². The second-order valence-electron chi connectivity index (χ2n) is 4.44. The van der Waals surface area contributed by atoms with Crippen molar-refractivity contribution >= 4 is 0 Å². The van der Waals surface area contributed by atoms with Crippen molar-refractivity contribution in [3.8, 4) is 0 Å². The number of nitrogens with one attached hydrogen (secondary N) is 1. The zero-order valence-corrected chi connectivity index (χ0v) is 9.27. The van der Waals surface area contributed by atoms with E-state index in [0.717, 1.165) is 19.4 Å². The molecule has 1 aliphatic carbocycles. The normalized spacial score (nSPS) is 19.6. The van der Waals surface area contributed by atoms with Gasteiger partial charge in [-0.25, -0.2) is 0 Å². The molecule has 1 rings (SSSR count). The maximum atomic E-state index is 12.3. The molecule has 0 spiro atoms. The van der Waals surface area contributed by atoms with Gasteiger partial charge < -0.3 is 5.32 Å². The fourth-order valence-corrected chi connectivity index (χ4v) is 1.83. The van der Waals surface area contributed by atoms with Crippen molar-refractivity contribution in [1.29, 1.82) is 0 Å². The van der Waals surface area contributed by atoms with Crippen molar-refractivity contribution < 1.29 is 13.2 Å². The van der Waals surface area contributed by atoms with Crippen molar-refractivity contribution in [2.24, 2.45) is 5.92 Å². The minimum Gasteiger partial charge on any atom is -0.319 e. The third-order valence-electron chi connectivity index (χ3n) is 2.54. The van der Waals surface area contributed by atoms with Gasteiger partial charge in [-0.3, -0.25) is 4.90 Å². The highest BCUT2D eigenvalue weighted by Gasteiger charge is 2.38. The summed E-state index contributed by atoms with van der Waals surface area (Å²) < 4.78 is 36.8. The van der Waals surface area contributed by atoms with Crippen LogP contribution in [0.25, 0.3) is 0 Å². The average molecular weight is 224 g/mol. The van der Waals surface area contributed by atoms with Crippen molar-refractivity contribution in [3.05, 3.63) is 0 Å². The summed E-state index contributed by atoms with van der Waals surface area (Å²) in [6.45, 7) is 2.51. The van der Waals surface area contributed by atoms with Crippen LogP contribution >= 0.6 is 0 Å². The molecule has 0 aromatic heterocycles. The molecule has 1 fully saturated rings. The molecule has 0 amide bonds. The third-order valence-corrected chi connectivity index (χ3v) is 2.54. The first kappa shape index (κ1) is 12.8. The van der Waals surface area contributed by atoms with Gasteiger partial charge >= 0.3 is 6.18 Å². The SMILES string of the molecule is CNCC(C)CN(CC(F)(F)F)C1CC1. The summed E-state index contributed by atoms with van der Waals surface area (Å²) in [4.78, 5) is 1.57. The lowest BCUT2D eigenvalue weighted by Gasteiger charge is -2.26. The second kappa shape index (κ2) is 5.16. The Morgan fingerprint density at radius 3 is 2.40 bits per heavy atom. The first-order valence-corrected chi connectivity index (χ1v) is 5.38. The lowest BCUT2D eigenvalue weighted by atomic mass is 10.1. The van der Waals surface area contributed by atoms with E-state index >= 15 is 0 Å². The van der Waals surface area contributed by atoms with Gasteiger partial charge in [-0.15, -0.1) is 0 Å². The summed E-state index contributed by atoms with van der Waals surface area (Å²) in [5.41, 5.74) is 0. The number of halogens is 3. The van der Waals surface area contributed by atoms with Gasteiger partial charge in [-0.2, -0.15) is 13.2 Å². The van der Waals surface area contributed by atoms with Crippen LogP contribution in [-0.4, -0.2) is 43.8 Å². The lowest BCUT2D eigenvalue weighted by Crippen LogP contribution is -2.40. The van der Waals surface area contributed by atoms with Crippen LogP contribution in [0.3, 0.4) is 0 Å². The number of alkyl halides is 3. The van der Waals surface area contributed by atoms with Crippen LogP contribution in [0.2, 0.25) is 0 Å². The Balaban J connectivity index is 2.37. The van der Waals surface area contributed by atoms with Crippen LogP contribution in [-0.2, 0) is 0 Å². The molecule has 0 aromatic carbocycles. The monoisotopic (exact) mass is 224 g/mol. The molecule has 0 aliphatic heterocycles. The Morgan fingerprint density at radius 1 is 1.40 bits per heavy atom. The molecule has 0 saturated heterocycles. The first-order chi connectivity index (χ1) is 6.92. The van der Waals surface area contributed by atoms with Gasteiger partial charge in [-0.05, 0) is 32.4 Å². The molecular formula is C10H19F3N2. The van der Waals surface area contributed by atoms with Gasteiger partial charge in [-0.1, -0.05) is 6.92 Å². The zero-order valence-electron chi connectivity index (χ0n) is 9.27. The molecule has 1 N–H and O–H groups in total. The number of nitrogens with zero attached hydrogens (tertiary/aromatic N) is 1. The minimum atomic E-state index is -4.07. The van der Waals surface area contributed by atoms with Gasteiger partial charge in [0, 0.05) is 12.6 Å². The minimum absolute atomic E-state index is 0.172. The predicted molar refractivity (Wildman–Crippen MR) is 53.7 cm³/mol. The number of rotatable bonds is 6. The van der Waals surface area contributed by atoms with E-state index in [4.69, 9.17) is 0 Å². The van der Waals surface area contributed by atoms with Crippen LogP contribution in [0.4, 0.5) is 13.2 Å². The van der Waals surface area contributed by atoms with E-state index in [1.807, 2.05) is 14.0 Å². The summed E-state index contributed by atoms with van der Waals surface area (Å²) in [7, 11) is 1.82. The molecule has 15 heavy (non-hydrogen) atoms. The van der Waals surface area contributed by atoms with Gasteiger partial charge in [0.2, 0.25) is 0 Å². The third kappa shape index (κ3) is 5.37. The predicted octanol–water partition coefficient (Wildman–Crippen LogP) is 1.87. The molecule has 0 radical (unpaired) electrons. The highest BCUT2D eigenvalue weighted by Crippen LogP contribution is 2.30. The standard InChI is InChI=1S/C10H19F3N2/c1-8(5-14-2)6-15(9-3-4-9)7-10(11,12)13/h8-9,14H,3-7H2,1-2H3. The average Bonchev–Trinajstić information content (AvgIpc) is 2.82. The smallest absolute Gasteiger partial charge is 0.319 e. The quantitative estimate of drug-likeness (QED) is 0.741. The second-order valence-corrected chi connectivity index (χ2v) is 4.44. The molecule has 0 aromatic rings. The first-order valence-electron chi connectivity index (χ1n) is 5.38. The summed E-state index contributed by atoms with van der Waals surface area (Å²) in [6.07, 6.45) is -2.23. The van der Waals surface area contributed by atoms with Crippen LogP contribution in [0, 0.1) is 5.92 Å². The number of hydrogen-bond donors (Lipinski definition) is 1. The fourth-order valence-electron chi connectivity index (χ4n) is 1.83. The molecule has 2 nitrogen and oxygen atoms in total. The van der Waals surface area contributed by atoms with E-state index in [1.165, 1.54) is 0 Å². The van der Waals surface area contributed by atoms with E-state index in [1.54, 1.807) is 4.90 Å². The maximum Gasteiger partial charge on any atom is 0.401 e. The summed E-state index contributed by atoms with van der Waals surface area (Å²) in [5, 5.41) is 2.99. The fraction of sp³-hybridized carbons (Fsp3) is 1.00. The number of hydrogen-bond acceptors (Lipinski definition) is 2. The molecule has 0 heterocycles. The molecule has 1 saturated carbocycles. The molecule has 90 valence electrons. The van der Waals surface area contributed by atoms with E-state index in [9.17, 15) is 13.2 Å². The summed E-state index contributed by atoms with van der Waals surface area (Å²) in [5.74, 6) is 0.262. The molecule has 1 aliphatic rings. The Morgan fingerprint density at radius 2 is 2.00 bits per heavy atom. The Labute approximate surface area is 88.8 Å². The van der Waals surface area contributed by atoms with Gasteiger partial charge in [0.15, 0.2) is 0 Å². The topological polar surface area (TPSA) is 15.3 Å². The van der Waals surface area contributed by atoms with Crippen molar-refractivity contribution in [2.75, 3.05) is 26.7 Å².